The Morgan fingerprint density at radius 2 is 2.15 bits per heavy atom. The molecule has 0 aromatic carbocycles. The van der Waals surface area contributed by atoms with Gasteiger partial charge in [0.05, 0.1) is 6.20 Å². The summed E-state index contributed by atoms with van der Waals surface area (Å²) < 4.78 is 13.2. The standard InChI is InChI=1S/C14H18FN3O2/c15-10-7-12(14(19)20)13(16-8-10)18-6-2-5-17-4-1-3-11(17)9-18/h7-8,11H,1-6,9H2,(H,19,20). The van der Waals surface area contributed by atoms with Crippen LogP contribution in [-0.4, -0.2) is 53.2 Å². The molecule has 0 bridgehead atoms. The number of aromatic carboxylic acids is 1. The molecule has 1 atom stereocenters. The third-order valence-electron chi connectivity index (χ3n) is 4.17. The fraction of sp³-hybridized carbons (Fsp3) is 0.571. The van der Waals surface area contributed by atoms with Gasteiger partial charge in [-0.3, -0.25) is 4.90 Å². The highest BCUT2D eigenvalue weighted by atomic mass is 19.1. The minimum atomic E-state index is -1.13. The second kappa shape index (κ2) is 5.36. The zero-order chi connectivity index (χ0) is 14.1. The van der Waals surface area contributed by atoms with Crippen molar-refractivity contribution in [2.75, 3.05) is 31.1 Å². The summed E-state index contributed by atoms with van der Waals surface area (Å²) in [5, 5.41) is 9.23. The number of carboxylic acid groups (broad SMARTS) is 1. The van der Waals surface area contributed by atoms with Gasteiger partial charge in [0.25, 0.3) is 0 Å². The van der Waals surface area contributed by atoms with Gasteiger partial charge in [-0.1, -0.05) is 0 Å². The summed E-state index contributed by atoms with van der Waals surface area (Å²) in [6.07, 6.45) is 4.41. The average Bonchev–Trinajstić information content (AvgIpc) is 2.76. The maximum atomic E-state index is 13.2. The van der Waals surface area contributed by atoms with Gasteiger partial charge in [0.15, 0.2) is 0 Å². The molecule has 1 aromatic heterocycles. The van der Waals surface area contributed by atoms with E-state index in [1.807, 2.05) is 4.90 Å². The van der Waals surface area contributed by atoms with Crippen LogP contribution in [0.5, 0.6) is 0 Å². The summed E-state index contributed by atoms with van der Waals surface area (Å²) in [4.78, 5) is 19.8. The maximum Gasteiger partial charge on any atom is 0.339 e. The molecule has 0 spiro atoms. The zero-order valence-electron chi connectivity index (χ0n) is 11.3. The Bertz CT molecular complexity index is 523. The molecule has 5 nitrogen and oxygen atoms in total. The van der Waals surface area contributed by atoms with Crippen LogP contribution in [0.2, 0.25) is 0 Å². The Kier molecular flexibility index (Phi) is 3.56. The Labute approximate surface area is 117 Å². The summed E-state index contributed by atoms with van der Waals surface area (Å²) in [6.45, 7) is 3.72. The van der Waals surface area contributed by atoms with Gasteiger partial charge < -0.3 is 10.0 Å². The number of anilines is 1. The van der Waals surface area contributed by atoms with E-state index in [0.717, 1.165) is 51.3 Å². The Morgan fingerprint density at radius 3 is 2.95 bits per heavy atom. The van der Waals surface area contributed by atoms with Gasteiger partial charge >= 0.3 is 5.97 Å². The third kappa shape index (κ3) is 2.47. The normalized spacial score (nSPS) is 23.4. The van der Waals surface area contributed by atoms with Crippen LogP contribution in [0.1, 0.15) is 29.6 Å². The van der Waals surface area contributed by atoms with E-state index < -0.39 is 11.8 Å². The SMILES string of the molecule is O=C(O)c1cc(F)cnc1N1CCCN2CCCC2C1. The van der Waals surface area contributed by atoms with Gasteiger partial charge in [0.2, 0.25) is 0 Å². The number of carboxylic acids is 1. The first-order valence-corrected chi connectivity index (χ1v) is 7.03. The molecule has 20 heavy (non-hydrogen) atoms. The quantitative estimate of drug-likeness (QED) is 0.891. The predicted octanol–water partition coefficient (Wildman–Crippen LogP) is 1.59. The molecule has 1 N–H and O–H groups in total. The second-order valence-electron chi connectivity index (χ2n) is 5.46. The number of aromatic nitrogens is 1. The van der Waals surface area contributed by atoms with Crippen LogP contribution in [0.25, 0.3) is 0 Å². The Morgan fingerprint density at radius 1 is 1.35 bits per heavy atom. The van der Waals surface area contributed by atoms with Gasteiger partial charge in [-0.2, -0.15) is 0 Å². The lowest BCUT2D eigenvalue weighted by Gasteiger charge is -2.27. The molecule has 1 unspecified atom stereocenters. The van der Waals surface area contributed by atoms with E-state index in [1.54, 1.807) is 0 Å². The van der Waals surface area contributed by atoms with Crippen molar-refractivity contribution in [2.24, 2.45) is 0 Å². The smallest absolute Gasteiger partial charge is 0.339 e. The largest absolute Gasteiger partial charge is 0.478 e. The molecule has 2 aliphatic rings. The molecular weight excluding hydrogens is 261 g/mol. The van der Waals surface area contributed by atoms with E-state index in [-0.39, 0.29) is 5.56 Å². The van der Waals surface area contributed by atoms with Crippen LogP contribution in [0.3, 0.4) is 0 Å². The first-order valence-electron chi connectivity index (χ1n) is 7.03. The maximum absolute atomic E-state index is 13.2. The summed E-state index contributed by atoms with van der Waals surface area (Å²) in [5.41, 5.74) is -0.0450. The fourth-order valence-corrected chi connectivity index (χ4v) is 3.24. The number of pyridine rings is 1. The third-order valence-corrected chi connectivity index (χ3v) is 4.17. The molecule has 3 rings (SSSR count). The number of hydrogen-bond acceptors (Lipinski definition) is 4. The van der Waals surface area contributed by atoms with Gasteiger partial charge in [0.1, 0.15) is 17.2 Å². The fourth-order valence-electron chi connectivity index (χ4n) is 3.24. The van der Waals surface area contributed by atoms with Crippen molar-refractivity contribution in [1.82, 2.24) is 9.88 Å². The molecule has 6 heteroatoms. The molecule has 1 aromatic rings. The highest BCUT2D eigenvalue weighted by Crippen LogP contribution is 2.26. The lowest BCUT2D eigenvalue weighted by molar-refractivity contribution is 0.0696. The van der Waals surface area contributed by atoms with Crippen molar-refractivity contribution in [2.45, 2.75) is 25.3 Å². The first kappa shape index (κ1) is 13.3. The van der Waals surface area contributed by atoms with Crippen LogP contribution in [0.4, 0.5) is 10.2 Å². The number of hydrogen-bond donors (Lipinski definition) is 1. The summed E-state index contributed by atoms with van der Waals surface area (Å²) in [7, 11) is 0. The van der Waals surface area contributed by atoms with Crippen LogP contribution >= 0.6 is 0 Å². The molecule has 3 heterocycles. The predicted molar refractivity (Wildman–Crippen MR) is 72.6 cm³/mol. The highest BCUT2D eigenvalue weighted by Gasteiger charge is 2.30. The molecule has 0 amide bonds. The van der Waals surface area contributed by atoms with Crippen molar-refractivity contribution in [1.29, 1.82) is 0 Å². The molecule has 2 saturated heterocycles. The number of nitrogens with zero attached hydrogens (tertiary/aromatic N) is 3. The summed E-state index contributed by atoms with van der Waals surface area (Å²) in [6, 6.07) is 1.52. The van der Waals surface area contributed by atoms with E-state index in [4.69, 9.17) is 0 Å². The Hall–Kier alpha value is -1.69. The van der Waals surface area contributed by atoms with Crippen LogP contribution in [0, 0.1) is 5.82 Å². The van der Waals surface area contributed by atoms with Gasteiger partial charge in [-0.15, -0.1) is 0 Å². The van der Waals surface area contributed by atoms with Crippen molar-refractivity contribution in [3.63, 3.8) is 0 Å². The summed E-state index contributed by atoms with van der Waals surface area (Å²) in [5.74, 6) is -1.34. The van der Waals surface area contributed by atoms with E-state index in [1.165, 1.54) is 6.42 Å². The van der Waals surface area contributed by atoms with E-state index >= 15 is 0 Å². The van der Waals surface area contributed by atoms with Crippen molar-refractivity contribution < 1.29 is 14.3 Å². The molecule has 2 aliphatic heterocycles. The number of fused-ring (bicyclic) bond motifs is 1. The van der Waals surface area contributed by atoms with Crippen LogP contribution < -0.4 is 4.90 Å². The minimum Gasteiger partial charge on any atom is -0.478 e. The minimum absolute atomic E-state index is 0.0450. The topological polar surface area (TPSA) is 56.7 Å². The molecule has 2 fully saturated rings. The lowest BCUT2D eigenvalue weighted by Crippen LogP contribution is -2.37. The summed E-state index contributed by atoms with van der Waals surface area (Å²) >= 11 is 0. The van der Waals surface area contributed by atoms with Crippen LogP contribution in [0.15, 0.2) is 12.3 Å². The second-order valence-corrected chi connectivity index (χ2v) is 5.46. The number of carbonyl (C=O) groups is 1. The molecule has 0 aliphatic carbocycles. The molecular formula is C14H18FN3O2. The van der Waals surface area contributed by atoms with Crippen LogP contribution in [-0.2, 0) is 0 Å². The molecule has 0 radical (unpaired) electrons. The lowest BCUT2D eigenvalue weighted by atomic mass is 10.2. The van der Waals surface area contributed by atoms with E-state index in [2.05, 4.69) is 9.88 Å². The van der Waals surface area contributed by atoms with Crippen molar-refractivity contribution in [3.8, 4) is 0 Å². The zero-order valence-corrected chi connectivity index (χ0v) is 11.3. The Balaban J connectivity index is 1.89. The number of halogens is 1. The molecule has 108 valence electrons. The highest BCUT2D eigenvalue weighted by molar-refractivity contribution is 5.93. The van der Waals surface area contributed by atoms with Gasteiger partial charge in [0, 0.05) is 25.7 Å². The van der Waals surface area contributed by atoms with E-state index in [9.17, 15) is 14.3 Å². The molecule has 0 saturated carbocycles. The number of rotatable bonds is 2. The van der Waals surface area contributed by atoms with E-state index in [0.29, 0.717) is 11.9 Å². The van der Waals surface area contributed by atoms with Gasteiger partial charge in [-0.25, -0.2) is 14.2 Å². The van der Waals surface area contributed by atoms with Crippen molar-refractivity contribution in [3.05, 3.63) is 23.6 Å². The average molecular weight is 279 g/mol. The van der Waals surface area contributed by atoms with Crippen molar-refractivity contribution >= 4 is 11.8 Å². The first-order chi connectivity index (χ1) is 9.65. The monoisotopic (exact) mass is 279 g/mol. The van der Waals surface area contributed by atoms with Gasteiger partial charge in [-0.05, 0) is 31.9 Å².